The van der Waals surface area contributed by atoms with E-state index in [2.05, 4.69) is 21.2 Å². The highest BCUT2D eigenvalue weighted by Gasteiger charge is 2.07. The van der Waals surface area contributed by atoms with Crippen molar-refractivity contribution in [3.8, 4) is 0 Å². The molecule has 1 aromatic carbocycles. The number of hydrogen-bond acceptors (Lipinski definition) is 1. The SMILES string of the molecule is C/C=C/C=C\C(=O)N[C@@H](C)c1cccc(Br)c1. The third kappa shape index (κ3) is 5.00. The lowest BCUT2D eigenvalue weighted by Gasteiger charge is -2.13. The molecule has 0 saturated carbocycles. The topological polar surface area (TPSA) is 29.1 Å². The van der Waals surface area contributed by atoms with Crippen LogP contribution < -0.4 is 5.32 Å². The van der Waals surface area contributed by atoms with Crippen molar-refractivity contribution in [2.24, 2.45) is 0 Å². The van der Waals surface area contributed by atoms with Crippen LogP contribution in [0.2, 0.25) is 0 Å². The fraction of sp³-hybridized carbons (Fsp3) is 0.214. The molecule has 1 aromatic rings. The molecule has 0 fully saturated rings. The van der Waals surface area contributed by atoms with Gasteiger partial charge < -0.3 is 5.32 Å². The second kappa shape index (κ2) is 7.07. The fourth-order valence-electron chi connectivity index (χ4n) is 1.37. The summed E-state index contributed by atoms with van der Waals surface area (Å²) in [5.41, 5.74) is 1.08. The molecule has 0 aliphatic carbocycles. The van der Waals surface area contributed by atoms with E-state index in [0.717, 1.165) is 10.0 Å². The normalized spacial score (nSPS) is 13.1. The molecule has 0 heterocycles. The summed E-state index contributed by atoms with van der Waals surface area (Å²) in [4.78, 5) is 11.5. The number of carbonyl (C=O) groups is 1. The first-order valence-electron chi connectivity index (χ1n) is 5.49. The Labute approximate surface area is 111 Å². The fourth-order valence-corrected chi connectivity index (χ4v) is 1.79. The third-order valence-electron chi connectivity index (χ3n) is 2.26. The van der Waals surface area contributed by atoms with Crippen LogP contribution in [0.25, 0.3) is 0 Å². The Morgan fingerprint density at radius 2 is 2.18 bits per heavy atom. The number of nitrogens with one attached hydrogen (secondary N) is 1. The van der Waals surface area contributed by atoms with Gasteiger partial charge in [-0.15, -0.1) is 0 Å². The second-order valence-corrected chi connectivity index (χ2v) is 4.59. The lowest BCUT2D eigenvalue weighted by Crippen LogP contribution is -2.24. The maximum absolute atomic E-state index is 11.5. The Morgan fingerprint density at radius 1 is 1.41 bits per heavy atom. The average Bonchev–Trinajstić information content (AvgIpc) is 2.29. The van der Waals surface area contributed by atoms with Gasteiger partial charge in [0.05, 0.1) is 6.04 Å². The average molecular weight is 294 g/mol. The van der Waals surface area contributed by atoms with Crippen LogP contribution in [0, 0.1) is 0 Å². The van der Waals surface area contributed by atoms with Crippen LogP contribution in [0.3, 0.4) is 0 Å². The standard InChI is InChI=1S/C14H16BrNO/c1-3-4-5-9-14(17)16-11(2)12-7-6-8-13(15)10-12/h3-11H,1-2H3,(H,16,17)/b4-3+,9-5-/t11-/m0/s1. The maximum Gasteiger partial charge on any atom is 0.244 e. The van der Waals surface area contributed by atoms with Crippen molar-refractivity contribution in [3.63, 3.8) is 0 Å². The predicted octanol–water partition coefficient (Wildman–Crippen LogP) is 3.76. The van der Waals surface area contributed by atoms with Crippen molar-refractivity contribution in [2.45, 2.75) is 19.9 Å². The van der Waals surface area contributed by atoms with Gasteiger partial charge in [0.15, 0.2) is 0 Å². The van der Waals surface area contributed by atoms with E-state index in [9.17, 15) is 4.79 Å². The highest BCUT2D eigenvalue weighted by molar-refractivity contribution is 9.10. The van der Waals surface area contributed by atoms with E-state index in [-0.39, 0.29) is 11.9 Å². The summed E-state index contributed by atoms with van der Waals surface area (Å²) in [5, 5.41) is 2.90. The Bertz CT molecular complexity index is 438. The summed E-state index contributed by atoms with van der Waals surface area (Å²) in [6.45, 7) is 3.87. The number of allylic oxidation sites excluding steroid dienone is 3. The molecular formula is C14H16BrNO. The van der Waals surface area contributed by atoms with Crippen LogP contribution in [0.4, 0.5) is 0 Å². The summed E-state index contributed by atoms with van der Waals surface area (Å²) in [6.07, 6.45) is 6.95. The van der Waals surface area contributed by atoms with Crippen molar-refractivity contribution in [1.82, 2.24) is 5.32 Å². The van der Waals surface area contributed by atoms with Crippen LogP contribution in [0.15, 0.2) is 53.0 Å². The Kier molecular flexibility index (Phi) is 5.70. The van der Waals surface area contributed by atoms with Gasteiger partial charge >= 0.3 is 0 Å². The first-order chi connectivity index (χ1) is 8.13. The van der Waals surface area contributed by atoms with Crippen LogP contribution in [-0.4, -0.2) is 5.91 Å². The quantitative estimate of drug-likeness (QED) is 0.665. The molecule has 0 aliphatic rings. The summed E-state index contributed by atoms with van der Waals surface area (Å²) < 4.78 is 1.01. The van der Waals surface area contributed by atoms with Crippen molar-refractivity contribution in [1.29, 1.82) is 0 Å². The molecule has 1 amide bonds. The molecule has 17 heavy (non-hydrogen) atoms. The molecule has 90 valence electrons. The zero-order valence-electron chi connectivity index (χ0n) is 9.98. The van der Waals surface area contributed by atoms with Gasteiger partial charge in [-0.2, -0.15) is 0 Å². The number of rotatable bonds is 4. The molecule has 1 rings (SSSR count). The molecule has 0 spiro atoms. The van der Waals surface area contributed by atoms with E-state index < -0.39 is 0 Å². The lowest BCUT2D eigenvalue weighted by atomic mass is 10.1. The number of hydrogen-bond donors (Lipinski definition) is 1. The number of benzene rings is 1. The molecule has 0 aromatic heterocycles. The van der Waals surface area contributed by atoms with Gasteiger partial charge in [-0.05, 0) is 31.5 Å². The molecule has 3 heteroatoms. The van der Waals surface area contributed by atoms with Crippen molar-refractivity contribution in [2.75, 3.05) is 0 Å². The maximum atomic E-state index is 11.5. The first-order valence-corrected chi connectivity index (χ1v) is 6.28. The zero-order chi connectivity index (χ0) is 12.7. The number of carbonyl (C=O) groups excluding carboxylic acids is 1. The van der Waals surface area contributed by atoms with Crippen molar-refractivity contribution in [3.05, 3.63) is 58.6 Å². The Hall–Kier alpha value is -1.35. The van der Waals surface area contributed by atoms with Gasteiger partial charge in [0.2, 0.25) is 5.91 Å². The molecule has 2 nitrogen and oxygen atoms in total. The first kappa shape index (κ1) is 13.7. The van der Waals surface area contributed by atoms with Gasteiger partial charge in [-0.25, -0.2) is 0 Å². The van der Waals surface area contributed by atoms with Crippen molar-refractivity contribution >= 4 is 21.8 Å². The van der Waals surface area contributed by atoms with Gasteiger partial charge in [-0.3, -0.25) is 4.79 Å². The molecule has 0 bridgehead atoms. The number of amides is 1. The molecule has 0 aliphatic heterocycles. The van der Waals surface area contributed by atoms with E-state index in [4.69, 9.17) is 0 Å². The Balaban J connectivity index is 2.60. The largest absolute Gasteiger partial charge is 0.346 e. The molecule has 1 atom stereocenters. The molecular weight excluding hydrogens is 278 g/mol. The van der Waals surface area contributed by atoms with Crippen LogP contribution in [-0.2, 0) is 4.79 Å². The highest BCUT2D eigenvalue weighted by atomic mass is 79.9. The molecule has 0 radical (unpaired) electrons. The van der Waals surface area contributed by atoms with Gasteiger partial charge in [0.1, 0.15) is 0 Å². The summed E-state index contributed by atoms with van der Waals surface area (Å²) >= 11 is 3.41. The minimum atomic E-state index is -0.0874. The van der Waals surface area contributed by atoms with E-state index >= 15 is 0 Å². The summed E-state index contributed by atoms with van der Waals surface area (Å²) in [7, 11) is 0. The third-order valence-corrected chi connectivity index (χ3v) is 2.75. The van der Waals surface area contributed by atoms with Crippen molar-refractivity contribution < 1.29 is 4.79 Å². The van der Waals surface area contributed by atoms with E-state index in [1.807, 2.05) is 50.3 Å². The minimum absolute atomic E-state index is 0.00439. The van der Waals surface area contributed by atoms with Gasteiger partial charge in [0.25, 0.3) is 0 Å². The lowest BCUT2D eigenvalue weighted by molar-refractivity contribution is -0.117. The van der Waals surface area contributed by atoms with Gasteiger partial charge in [-0.1, -0.05) is 46.3 Å². The van der Waals surface area contributed by atoms with E-state index in [1.165, 1.54) is 6.08 Å². The van der Waals surface area contributed by atoms with E-state index in [0.29, 0.717) is 0 Å². The molecule has 0 unspecified atom stereocenters. The van der Waals surface area contributed by atoms with Crippen LogP contribution >= 0.6 is 15.9 Å². The highest BCUT2D eigenvalue weighted by Crippen LogP contribution is 2.17. The summed E-state index contributed by atoms with van der Waals surface area (Å²) in [6, 6.07) is 7.91. The summed E-state index contributed by atoms with van der Waals surface area (Å²) in [5.74, 6) is -0.0874. The van der Waals surface area contributed by atoms with Gasteiger partial charge in [0, 0.05) is 10.5 Å². The number of halogens is 1. The van der Waals surface area contributed by atoms with Crippen LogP contribution in [0.5, 0.6) is 0 Å². The zero-order valence-corrected chi connectivity index (χ0v) is 11.6. The monoisotopic (exact) mass is 293 g/mol. The smallest absolute Gasteiger partial charge is 0.244 e. The van der Waals surface area contributed by atoms with Crippen LogP contribution in [0.1, 0.15) is 25.5 Å². The van der Waals surface area contributed by atoms with E-state index in [1.54, 1.807) is 6.08 Å². The minimum Gasteiger partial charge on any atom is -0.346 e. The second-order valence-electron chi connectivity index (χ2n) is 3.67. The molecule has 0 saturated heterocycles. The molecule has 1 N–H and O–H groups in total. The Morgan fingerprint density at radius 3 is 2.82 bits per heavy atom. The predicted molar refractivity (Wildman–Crippen MR) is 74.7 cm³/mol.